The van der Waals surface area contributed by atoms with Crippen LogP contribution >= 0.6 is 0 Å². The van der Waals surface area contributed by atoms with E-state index in [0.29, 0.717) is 31.5 Å². The van der Waals surface area contributed by atoms with Crippen LogP contribution in [-0.4, -0.2) is 29.8 Å². The van der Waals surface area contributed by atoms with Gasteiger partial charge in [0, 0.05) is 18.7 Å². The van der Waals surface area contributed by atoms with Crippen LogP contribution in [-0.2, 0) is 11.0 Å². The van der Waals surface area contributed by atoms with Gasteiger partial charge in [-0.15, -0.1) is 0 Å². The van der Waals surface area contributed by atoms with E-state index in [0.717, 1.165) is 6.07 Å². The summed E-state index contributed by atoms with van der Waals surface area (Å²) < 4.78 is 51.3. The maximum atomic E-state index is 13.2. The van der Waals surface area contributed by atoms with Crippen LogP contribution in [0.1, 0.15) is 28.8 Å². The van der Waals surface area contributed by atoms with Crippen molar-refractivity contribution in [2.75, 3.05) is 13.1 Å². The van der Waals surface area contributed by atoms with E-state index in [2.05, 4.69) is 0 Å². The van der Waals surface area contributed by atoms with Crippen LogP contribution in [0.5, 0.6) is 0 Å². The van der Waals surface area contributed by atoms with Gasteiger partial charge in [0.15, 0.2) is 0 Å². The number of rotatable bonds is 2. The molecule has 8 heteroatoms. The minimum absolute atomic E-state index is 0.0624. The van der Waals surface area contributed by atoms with E-state index < -0.39 is 35.3 Å². The smallest absolute Gasteiger partial charge is 0.369 e. The van der Waals surface area contributed by atoms with Crippen LogP contribution in [0.15, 0.2) is 18.2 Å². The Hall–Kier alpha value is -2.12. The third-order valence-electron chi connectivity index (χ3n) is 3.63. The standard InChI is InChI=1S/C14H14F4N2O2/c15-11-4-3-8(6-10(11)14(16,17)18)13(22)20-5-1-2-9(7-20)12(19)21/h3-4,6,9H,1-2,5,7H2,(H2,19,21). The molecule has 1 unspecified atom stereocenters. The summed E-state index contributed by atoms with van der Waals surface area (Å²) in [6, 6.07) is 2.11. The lowest BCUT2D eigenvalue weighted by atomic mass is 9.96. The first kappa shape index (κ1) is 16.3. The fourth-order valence-corrected chi connectivity index (χ4v) is 2.45. The number of hydrogen-bond acceptors (Lipinski definition) is 2. The Labute approximate surface area is 123 Å². The fraction of sp³-hybridized carbons (Fsp3) is 0.429. The molecule has 120 valence electrons. The molecule has 2 N–H and O–H groups in total. The molecular weight excluding hydrogens is 304 g/mol. The van der Waals surface area contributed by atoms with Gasteiger partial charge in [-0.25, -0.2) is 4.39 Å². The van der Waals surface area contributed by atoms with Crippen LogP contribution in [0.2, 0.25) is 0 Å². The lowest BCUT2D eigenvalue weighted by Gasteiger charge is -2.31. The van der Waals surface area contributed by atoms with Gasteiger partial charge in [-0.1, -0.05) is 0 Å². The predicted octanol–water partition coefficient (Wildman–Crippen LogP) is 2.18. The van der Waals surface area contributed by atoms with Crippen LogP contribution in [0.3, 0.4) is 0 Å². The first-order valence-electron chi connectivity index (χ1n) is 6.65. The number of carbonyl (C=O) groups is 2. The molecular formula is C14H14F4N2O2. The molecule has 1 fully saturated rings. The van der Waals surface area contributed by atoms with Crippen LogP contribution < -0.4 is 5.73 Å². The molecule has 22 heavy (non-hydrogen) atoms. The number of primary amides is 1. The molecule has 2 rings (SSSR count). The number of likely N-dealkylation sites (tertiary alicyclic amines) is 1. The number of alkyl halides is 3. The summed E-state index contributed by atoms with van der Waals surface area (Å²) in [5, 5.41) is 0. The van der Waals surface area contributed by atoms with Crippen LogP contribution in [0, 0.1) is 11.7 Å². The summed E-state index contributed by atoms with van der Waals surface area (Å²) in [5.74, 6) is -3.16. The summed E-state index contributed by atoms with van der Waals surface area (Å²) >= 11 is 0. The van der Waals surface area contributed by atoms with Gasteiger partial charge in [0.1, 0.15) is 5.82 Å². The number of hydrogen-bond donors (Lipinski definition) is 1. The Morgan fingerprint density at radius 2 is 1.95 bits per heavy atom. The minimum atomic E-state index is -4.88. The first-order valence-corrected chi connectivity index (χ1v) is 6.65. The van der Waals surface area contributed by atoms with E-state index in [9.17, 15) is 27.2 Å². The molecule has 1 aromatic rings. The second-order valence-corrected chi connectivity index (χ2v) is 5.19. The van der Waals surface area contributed by atoms with E-state index in [1.165, 1.54) is 4.90 Å². The normalized spacial score (nSPS) is 19.1. The van der Waals surface area contributed by atoms with Gasteiger partial charge in [0.25, 0.3) is 5.91 Å². The lowest BCUT2D eigenvalue weighted by molar-refractivity contribution is -0.140. The summed E-state index contributed by atoms with van der Waals surface area (Å²) in [4.78, 5) is 24.7. The third-order valence-corrected chi connectivity index (χ3v) is 3.63. The molecule has 0 spiro atoms. The molecule has 0 radical (unpaired) electrons. The molecule has 1 atom stereocenters. The van der Waals surface area contributed by atoms with Crippen molar-refractivity contribution in [1.82, 2.24) is 4.90 Å². The Balaban J connectivity index is 2.24. The molecule has 1 heterocycles. The number of piperidine rings is 1. The Morgan fingerprint density at radius 1 is 1.27 bits per heavy atom. The molecule has 0 bridgehead atoms. The quantitative estimate of drug-likeness (QED) is 0.850. The monoisotopic (exact) mass is 318 g/mol. The van der Waals surface area contributed by atoms with E-state index in [4.69, 9.17) is 5.73 Å². The summed E-state index contributed by atoms with van der Waals surface area (Å²) in [5.41, 5.74) is 3.44. The zero-order chi connectivity index (χ0) is 16.5. The number of amides is 2. The number of nitrogens with zero attached hydrogens (tertiary/aromatic N) is 1. The predicted molar refractivity (Wildman–Crippen MR) is 69.2 cm³/mol. The minimum Gasteiger partial charge on any atom is -0.369 e. The van der Waals surface area contributed by atoms with Crippen molar-refractivity contribution in [3.05, 3.63) is 35.1 Å². The van der Waals surface area contributed by atoms with Crippen molar-refractivity contribution in [1.29, 1.82) is 0 Å². The van der Waals surface area contributed by atoms with Crippen molar-refractivity contribution < 1.29 is 27.2 Å². The fourth-order valence-electron chi connectivity index (χ4n) is 2.45. The van der Waals surface area contributed by atoms with Gasteiger partial charge >= 0.3 is 6.18 Å². The second kappa shape index (κ2) is 5.94. The van der Waals surface area contributed by atoms with Crippen molar-refractivity contribution >= 4 is 11.8 Å². The van der Waals surface area contributed by atoms with E-state index in [-0.39, 0.29) is 12.1 Å². The highest BCUT2D eigenvalue weighted by Crippen LogP contribution is 2.32. The van der Waals surface area contributed by atoms with Crippen LogP contribution in [0.4, 0.5) is 17.6 Å². The molecule has 1 saturated heterocycles. The molecule has 1 aromatic carbocycles. The van der Waals surface area contributed by atoms with Gasteiger partial charge in [-0.3, -0.25) is 9.59 Å². The van der Waals surface area contributed by atoms with Gasteiger partial charge in [0.05, 0.1) is 11.5 Å². The van der Waals surface area contributed by atoms with Gasteiger partial charge in [-0.2, -0.15) is 13.2 Å². The molecule has 4 nitrogen and oxygen atoms in total. The molecule has 1 aliphatic heterocycles. The number of nitrogens with two attached hydrogens (primary N) is 1. The van der Waals surface area contributed by atoms with Crippen molar-refractivity contribution in [3.63, 3.8) is 0 Å². The van der Waals surface area contributed by atoms with Crippen molar-refractivity contribution in [2.24, 2.45) is 11.7 Å². The maximum absolute atomic E-state index is 13.2. The van der Waals surface area contributed by atoms with E-state index in [1.54, 1.807) is 0 Å². The molecule has 0 saturated carbocycles. The largest absolute Gasteiger partial charge is 0.419 e. The second-order valence-electron chi connectivity index (χ2n) is 5.19. The summed E-state index contributed by atoms with van der Waals surface area (Å²) in [7, 11) is 0. The van der Waals surface area contributed by atoms with E-state index in [1.807, 2.05) is 0 Å². The van der Waals surface area contributed by atoms with Gasteiger partial charge in [0.2, 0.25) is 5.91 Å². The Kier molecular flexibility index (Phi) is 4.39. The SMILES string of the molecule is NC(=O)C1CCCN(C(=O)c2ccc(F)c(C(F)(F)F)c2)C1. The topological polar surface area (TPSA) is 63.4 Å². The zero-order valence-electron chi connectivity index (χ0n) is 11.5. The Bertz CT molecular complexity index is 601. The Morgan fingerprint density at radius 3 is 2.55 bits per heavy atom. The molecule has 0 aromatic heterocycles. The first-order chi connectivity index (χ1) is 10.2. The number of halogens is 4. The molecule has 1 aliphatic rings. The maximum Gasteiger partial charge on any atom is 0.419 e. The number of carbonyl (C=O) groups excluding carboxylic acids is 2. The summed E-state index contributed by atoms with van der Waals surface area (Å²) in [6.07, 6.45) is -3.80. The van der Waals surface area contributed by atoms with Gasteiger partial charge in [-0.05, 0) is 31.0 Å². The molecule has 2 amide bonds. The highest BCUT2D eigenvalue weighted by Gasteiger charge is 2.35. The van der Waals surface area contributed by atoms with Gasteiger partial charge < -0.3 is 10.6 Å². The number of benzene rings is 1. The highest BCUT2D eigenvalue weighted by atomic mass is 19.4. The van der Waals surface area contributed by atoms with Crippen molar-refractivity contribution in [3.8, 4) is 0 Å². The third kappa shape index (κ3) is 3.37. The van der Waals surface area contributed by atoms with Crippen LogP contribution in [0.25, 0.3) is 0 Å². The lowest BCUT2D eigenvalue weighted by Crippen LogP contribution is -2.44. The highest BCUT2D eigenvalue weighted by molar-refractivity contribution is 5.95. The average molecular weight is 318 g/mol. The summed E-state index contributed by atoms with van der Waals surface area (Å²) in [6.45, 7) is 0.383. The zero-order valence-corrected chi connectivity index (χ0v) is 11.5. The van der Waals surface area contributed by atoms with Crippen molar-refractivity contribution in [2.45, 2.75) is 19.0 Å². The van der Waals surface area contributed by atoms with E-state index >= 15 is 0 Å². The average Bonchev–Trinajstić information content (AvgIpc) is 2.46. The molecule has 0 aliphatic carbocycles.